The van der Waals surface area contributed by atoms with E-state index in [0.717, 1.165) is 16.7 Å². The summed E-state index contributed by atoms with van der Waals surface area (Å²) in [6.45, 7) is 10.3. The van der Waals surface area contributed by atoms with Crippen LogP contribution < -0.4 is 4.90 Å². The number of aryl methyl sites for hydroxylation is 4. The minimum Gasteiger partial charge on any atom is -0.465 e. The number of carbonyl (C=O) groups is 1. The van der Waals surface area contributed by atoms with Crippen LogP contribution in [0.4, 0.5) is 0 Å². The smallest absolute Gasteiger partial charge is 0.341 e. The Hall–Kier alpha value is -2.16. The molecule has 1 aromatic heterocycles. The molecule has 0 spiro atoms. The van der Waals surface area contributed by atoms with Gasteiger partial charge in [0.2, 0.25) is 10.0 Å². The van der Waals surface area contributed by atoms with E-state index in [9.17, 15) is 13.2 Å². The summed E-state index contributed by atoms with van der Waals surface area (Å²) in [7, 11) is -2.17. The van der Waals surface area contributed by atoms with E-state index >= 15 is 0 Å². The van der Waals surface area contributed by atoms with Crippen molar-refractivity contribution in [2.24, 2.45) is 0 Å². The van der Waals surface area contributed by atoms with Gasteiger partial charge in [-0.3, -0.25) is 0 Å². The molecule has 0 aliphatic carbocycles. The Bertz CT molecular complexity index is 995. The summed E-state index contributed by atoms with van der Waals surface area (Å²) < 4.78 is 38.4. The molecular formula is C21H29N2O5S+. The lowest BCUT2D eigenvalue weighted by molar-refractivity contribution is -0.918. The van der Waals surface area contributed by atoms with E-state index in [1.54, 1.807) is 17.3 Å². The Kier molecular flexibility index (Phi) is 6.16. The maximum atomic E-state index is 13.2. The Morgan fingerprint density at radius 3 is 2.24 bits per heavy atom. The van der Waals surface area contributed by atoms with E-state index < -0.39 is 16.0 Å². The second-order valence-electron chi connectivity index (χ2n) is 7.73. The number of rotatable bonds is 5. The van der Waals surface area contributed by atoms with Crippen LogP contribution >= 0.6 is 0 Å². The van der Waals surface area contributed by atoms with Gasteiger partial charge in [0.15, 0.2) is 5.76 Å². The molecule has 1 saturated heterocycles. The van der Waals surface area contributed by atoms with E-state index in [0.29, 0.717) is 54.7 Å². The fraction of sp³-hybridized carbons (Fsp3) is 0.476. The standard InChI is InChI=1S/C21H28N2O5S/c1-14-10-15(2)20(16(3)11-14)29(25,26)23-8-6-22(7-9-23)13-18-12-19(17(4)28-18)21(24)27-5/h10-12H,6-9,13H2,1-5H3/p+1. The van der Waals surface area contributed by atoms with Gasteiger partial charge in [0.1, 0.15) is 17.9 Å². The highest BCUT2D eigenvalue weighted by Crippen LogP contribution is 2.25. The number of carbonyl (C=O) groups excluding carboxylic acids is 1. The van der Waals surface area contributed by atoms with Crippen molar-refractivity contribution in [1.29, 1.82) is 0 Å². The summed E-state index contributed by atoms with van der Waals surface area (Å²) in [5, 5.41) is 0. The Balaban J connectivity index is 1.69. The summed E-state index contributed by atoms with van der Waals surface area (Å²) in [5.41, 5.74) is 3.08. The van der Waals surface area contributed by atoms with E-state index in [4.69, 9.17) is 9.15 Å². The van der Waals surface area contributed by atoms with Crippen LogP contribution in [0.3, 0.4) is 0 Å². The second kappa shape index (κ2) is 8.30. The highest BCUT2D eigenvalue weighted by molar-refractivity contribution is 7.89. The average Bonchev–Trinajstić information content (AvgIpc) is 3.00. The highest BCUT2D eigenvalue weighted by atomic mass is 32.2. The first kappa shape index (κ1) is 21.5. The van der Waals surface area contributed by atoms with Gasteiger partial charge in [-0.1, -0.05) is 17.7 Å². The molecule has 0 atom stereocenters. The molecule has 0 bridgehead atoms. The van der Waals surface area contributed by atoms with Crippen LogP contribution in [0.25, 0.3) is 0 Å². The first-order valence-electron chi connectivity index (χ1n) is 9.72. The van der Waals surface area contributed by atoms with Crippen LogP contribution in [0, 0.1) is 27.7 Å². The summed E-state index contributed by atoms with van der Waals surface area (Å²) in [4.78, 5) is 13.4. The molecule has 3 rings (SSSR count). The van der Waals surface area contributed by atoms with Gasteiger partial charge < -0.3 is 14.1 Å². The van der Waals surface area contributed by atoms with E-state index in [1.807, 2.05) is 32.9 Å². The summed E-state index contributed by atoms with van der Waals surface area (Å²) in [5.74, 6) is 0.837. The van der Waals surface area contributed by atoms with Crippen LogP contribution in [-0.2, 0) is 21.3 Å². The molecule has 1 N–H and O–H groups in total. The molecule has 1 aliphatic rings. The van der Waals surface area contributed by atoms with Crippen LogP contribution in [0.2, 0.25) is 0 Å². The molecule has 0 unspecified atom stereocenters. The topological polar surface area (TPSA) is 81.3 Å². The molecule has 1 aromatic carbocycles. The van der Waals surface area contributed by atoms with Crippen molar-refractivity contribution in [2.45, 2.75) is 39.1 Å². The van der Waals surface area contributed by atoms with Crippen molar-refractivity contribution in [2.75, 3.05) is 33.3 Å². The van der Waals surface area contributed by atoms with Crippen LogP contribution in [0.15, 0.2) is 27.5 Å². The predicted molar refractivity (Wildman–Crippen MR) is 109 cm³/mol. The third-order valence-electron chi connectivity index (χ3n) is 5.43. The maximum absolute atomic E-state index is 13.2. The van der Waals surface area contributed by atoms with Gasteiger partial charge >= 0.3 is 5.97 Å². The lowest BCUT2D eigenvalue weighted by Gasteiger charge is -2.31. The number of sulfonamides is 1. The number of hydrogen-bond acceptors (Lipinski definition) is 5. The molecule has 1 fully saturated rings. The van der Waals surface area contributed by atoms with Crippen molar-refractivity contribution in [3.63, 3.8) is 0 Å². The van der Waals surface area contributed by atoms with Gasteiger partial charge in [0.25, 0.3) is 0 Å². The molecule has 158 valence electrons. The molecule has 2 aromatic rings. The number of ether oxygens (including phenoxy) is 1. The van der Waals surface area contributed by atoms with Crippen molar-refractivity contribution in [1.82, 2.24) is 4.31 Å². The lowest BCUT2D eigenvalue weighted by atomic mass is 10.1. The second-order valence-corrected chi connectivity index (χ2v) is 9.61. The normalized spacial score (nSPS) is 16.2. The van der Waals surface area contributed by atoms with E-state index in [-0.39, 0.29) is 0 Å². The maximum Gasteiger partial charge on any atom is 0.341 e. The first-order valence-corrected chi connectivity index (χ1v) is 11.2. The monoisotopic (exact) mass is 421 g/mol. The number of quaternary nitrogens is 1. The number of hydrogen-bond donors (Lipinski definition) is 1. The number of piperazine rings is 1. The molecule has 2 heterocycles. The SMILES string of the molecule is COC(=O)c1cc(C[NH+]2CCN(S(=O)(=O)c3c(C)cc(C)cc3C)CC2)oc1C. The van der Waals surface area contributed by atoms with Gasteiger partial charge in [-0.15, -0.1) is 0 Å². The average molecular weight is 422 g/mol. The number of nitrogens with zero attached hydrogens (tertiary/aromatic N) is 1. The van der Waals surface area contributed by atoms with Crippen molar-refractivity contribution >= 4 is 16.0 Å². The fourth-order valence-corrected chi connectivity index (χ4v) is 5.97. The van der Waals surface area contributed by atoms with Gasteiger partial charge in [-0.2, -0.15) is 4.31 Å². The third kappa shape index (κ3) is 4.39. The molecule has 0 saturated carbocycles. The highest BCUT2D eigenvalue weighted by Gasteiger charge is 2.33. The molecule has 1 aliphatic heterocycles. The Labute approximate surface area is 172 Å². The largest absolute Gasteiger partial charge is 0.465 e. The number of benzene rings is 1. The Morgan fingerprint density at radius 2 is 1.69 bits per heavy atom. The van der Waals surface area contributed by atoms with Crippen molar-refractivity contribution < 1.29 is 27.3 Å². The third-order valence-corrected chi connectivity index (χ3v) is 7.64. The van der Waals surface area contributed by atoms with Gasteiger partial charge in [0.05, 0.1) is 38.2 Å². The van der Waals surface area contributed by atoms with Crippen LogP contribution in [0.1, 0.15) is 38.6 Å². The summed E-state index contributed by atoms with van der Waals surface area (Å²) in [6, 6.07) is 5.55. The summed E-state index contributed by atoms with van der Waals surface area (Å²) in [6.07, 6.45) is 0. The minimum absolute atomic E-state index is 0.410. The van der Waals surface area contributed by atoms with Gasteiger partial charge in [-0.05, 0) is 38.8 Å². The number of methoxy groups -OCH3 is 1. The molecular weight excluding hydrogens is 392 g/mol. The van der Waals surface area contributed by atoms with E-state index in [2.05, 4.69) is 0 Å². The van der Waals surface area contributed by atoms with Crippen LogP contribution in [0.5, 0.6) is 0 Å². The quantitative estimate of drug-likeness (QED) is 0.738. The number of nitrogens with one attached hydrogen (secondary N) is 1. The fourth-order valence-electron chi connectivity index (χ4n) is 4.11. The molecule has 8 heteroatoms. The molecule has 0 amide bonds. The zero-order chi connectivity index (χ0) is 21.3. The minimum atomic E-state index is -3.52. The van der Waals surface area contributed by atoms with Crippen LogP contribution in [-0.4, -0.2) is 52.0 Å². The predicted octanol–water partition coefficient (Wildman–Crippen LogP) is 1.39. The zero-order valence-electron chi connectivity index (χ0n) is 17.7. The molecule has 0 radical (unpaired) electrons. The zero-order valence-corrected chi connectivity index (χ0v) is 18.5. The van der Waals surface area contributed by atoms with Gasteiger partial charge in [-0.25, -0.2) is 13.2 Å². The Morgan fingerprint density at radius 1 is 1.10 bits per heavy atom. The lowest BCUT2D eigenvalue weighted by Crippen LogP contribution is -3.13. The number of esters is 1. The molecule has 29 heavy (non-hydrogen) atoms. The van der Waals surface area contributed by atoms with Crippen molar-refractivity contribution in [3.8, 4) is 0 Å². The van der Waals surface area contributed by atoms with Gasteiger partial charge in [0, 0.05) is 6.07 Å². The number of furan rings is 1. The summed E-state index contributed by atoms with van der Waals surface area (Å²) >= 11 is 0. The van der Waals surface area contributed by atoms with E-state index in [1.165, 1.54) is 12.0 Å². The molecule has 7 nitrogen and oxygen atoms in total. The van der Waals surface area contributed by atoms with Crippen molar-refractivity contribution in [3.05, 3.63) is 52.0 Å². The first-order chi connectivity index (χ1) is 13.6.